The van der Waals surface area contributed by atoms with Gasteiger partial charge < -0.3 is 15.8 Å². The molecule has 0 saturated carbocycles. The third-order valence-electron chi connectivity index (χ3n) is 3.15. The zero-order valence-electron chi connectivity index (χ0n) is 10.8. The molecule has 100 valence electrons. The van der Waals surface area contributed by atoms with Crippen LogP contribution in [0.15, 0.2) is 12.1 Å². The average molecular weight is 268 g/mol. The molecular weight excluding hydrogens is 248 g/mol. The van der Waals surface area contributed by atoms with Gasteiger partial charge in [-0.3, -0.25) is 4.79 Å². The maximum atomic E-state index is 12.0. The maximum absolute atomic E-state index is 12.0. The number of rotatable bonds is 4. The van der Waals surface area contributed by atoms with Crippen LogP contribution in [0.1, 0.15) is 16.7 Å². The highest BCUT2D eigenvalue weighted by molar-refractivity contribution is 7.11. The molecule has 1 fully saturated rings. The van der Waals surface area contributed by atoms with E-state index in [1.54, 1.807) is 11.3 Å². The molecule has 0 radical (unpaired) electrons. The Bertz CT molecular complexity index is 419. The summed E-state index contributed by atoms with van der Waals surface area (Å²) in [5.41, 5.74) is 5.83. The van der Waals surface area contributed by atoms with Gasteiger partial charge in [-0.15, -0.1) is 11.3 Å². The number of thiophene rings is 1. The first-order chi connectivity index (χ1) is 8.56. The smallest absolute Gasteiger partial charge is 0.227 e. The summed E-state index contributed by atoms with van der Waals surface area (Å²) in [6.07, 6.45) is 0.868. The molecule has 2 heterocycles. The maximum Gasteiger partial charge on any atom is 0.227 e. The number of nitrogens with one attached hydrogen (secondary N) is 1. The third kappa shape index (κ3) is 3.31. The monoisotopic (exact) mass is 268 g/mol. The number of hydrogen-bond donors (Lipinski definition) is 2. The Morgan fingerprint density at radius 2 is 2.39 bits per heavy atom. The van der Waals surface area contributed by atoms with Gasteiger partial charge in [0.1, 0.15) is 0 Å². The molecule has 0 bridgehead atoms. The van der Waals surface area contributed by atoms with Gasteiger partial charge in [0, 0.05) is 28.3 Å². The van der Waals surface area contributed by atoms with E-state index in [1.165, 1.54) is 9.75 Å². The second kappa shape index (κ2) is 5.82. The van der Waals surface area contributed by atoms with Crippen LogP contribution in [0.5, 0.6) is 0 Å². The Labute approximate surface area is 112 Å². The van der Waals surface area contributed by atoms with Gasteiger partial charge in [-0.2, -0.15) is 0 Å². The molecule has 0 aliphatic carbocycles. The van der Waals surface area contributed by atoms with Crippen LogP contribution in [0.3, 0.4) is 0 Å². The van der Waals surface area contributed by atoms with Crippen molar-refractivity contribution in [1.29, 1.82) is 0 Å². The summed E-state index contributed by atoms with van der Waals surface area (Å²) >= 11 is 1.78. The van der Waals surface area contributed by atoms with E-state index >= 15 is 0 Å². The Morgan fingerprint density at radius 3 is 2.94 bits per heavy atom. The van der Waals surface area contributed by atoms with Gasteiger partial charge in [-0.25, -0.2) is 0 Å². The Hall–Kier alpha value is -0.910. The Morgan fingerprint density at radius 1 is 1.61 bits per heavy atom. The summed E-state index contributed by atoms with van der Waals surface area (Å²) in [5.74, 6) is -0.182. The van der Waals surface area contributed by atoms with Gasteiger partial charge in [0.05, 0.1) is 19.1 Å². The van der Waals surface area contributed by atoms with Crippen molar-refractivity contribution in [1.82, 2.24) is 5.32 Å². The number of carbonyl (C=O) groups is 1. The minimum atomic E-state index is -0.197. The largest absolute Gasteiger partial charge is 0.379 e. The number of nitrogens with two attached hydrogens (primary N) is 1. The second-order valence-corrected chi connectivity index (χ2v) is 6.31. The molecule has 1 aliphatic rings. The summed E-state index contributed by atoms with van der Waals surface area (Å²) in [5, 5.41) is 3.02. The zero-order chi connectivity index (χ0) is 13.1. The van der Waals surface area contributed by atoms with Gasteiger partial charge in [0.2, 0.25) is 5.91 Å². The van der Waals surface area contributed by atoms with Crippen molar-refractivity contribution in [2.24, 2.45) is 11.7 Å². The molecule has 1 aromatic rings. The van der Waals surface area contributed by atoms with E-state index in [1.807, 2.05) is 6.92 Å². The minimum absolute atomic E-state index is 0.0146. The van der Waals surface area contributed by atoms with Crippen LogP contribution in [-0.4, -0.2) is 31.2 Å². The molecule has 1 aliphatic heterocycles. The van der Waals surface area contributed by atoms with Crippen LogP contribution < -0.4 is 11.1 Å². The van der Waals surface area contributed by atoms with Crippen molar-refractivity contribution in [2.75, 3.05) is 13.2 Å². The third-order valence-corrected chi connectivity index (χ3v) is 4.18. The molecule has 1 aromatic heterocycles. The molecule has 4 nitrogen and oxygen atoms in total. The van der Waals surface area contributed by atoms with Gasteiger partial charge >= 0.3 is 0 Å². The lowest BCUT2D eigenvalue weighted by Crippen LogP contribution is -2.44. The molecule has 2 rings (SSSR count). The van der Waals surface area contributed by atoms with Gasteiger partial charge in [-0.1, -0.05) is 0 Å². The fraction of sp³-hybridized carbons (Fsp3) is 0.615. The molecule has 1 saturated heterocycles. The summed E-state index contributed by atoms with van der Waals surface area (Å²) in [4.78, 5) is 14.6. The highest BCUT2D eigenvalue weighted by Crippen LogP contribution is 2.17. The number of hydrogen-bond acceptors (Lipinski definition) is 4. The fourth-order valence-electron chi connectivity index (χ4n) is 2.14. The Balaban J connectivity index is 1.83. The predicted molar refractivity (Wildman–Crippen MR) is 72.6 cm³/mol. The van der Waals surface area contributed by atoms with E-state index in [0.29, 0.717) is 13.2 Å². The van der Waals surface area contributed by atoms with Crippen molar-refractivity contribution in [2.45, 2.75) is 32.4 Å². The molecule has 3 atom stereocenters. The summed E-state index contributed by atoms with van der Waals surface area (Å²) in [7, 11) is 0. The van der Waals surface area contributed by atoms with Gasteiger partial charge in [-0.05, 0) is 26.0 Å². The van der Waals surface area contributed by atoms with E-state index < -0.39 is 0 Å². The normalized spacial score (nSPS) is 25.1. The number of ether oxygens (including phenoxy) is 1. The molecular formula is C13H20N2O2S. The summed E-state index contributed by atoms with van der Waals surface area (Å²) in [6, 6.07) is 4.19. The van der Waals surface area contributed by atoms with Crippen molar-refractivity contribution in [3.8, 4) is 0 Å². The van der Waals surface area contributed by atoms with E-state index in [2.05, 4.69) is 24.4 Å². The second-order valence-electron chi connectivity index (χ2n) is 4.93. The van der Waals surface area contributed by atoms with Crippen molar-refractivity contribution in [3.63, 3.8) is 0 Å². The summed E-state index contributed by atoms with van der Waals surface area (Å²) in [6.45, 7) is 5.04. The van der Waals surface area contributed by atoms with Gasteiger partial charge in [0.15, 0.2) is 0 Å². The highest BCUT2D eigenvalue weighted by atomic mass is 32.1. The van der Waals surface area contributed by atoms with Crippen LogP contribution in [0.4, 0.5) is 0 Å². The van der Waals surface area contributed by atoms with Crippen molar-refractivity contribution < 1.29 is 9.53 Å². The molecule has 0 spiro atoms. The van der Waals surface area contributed by atoms with E-state index in [9.17, 15) is 4.79 Å². The summed E-state index contributed by atoms with van der Waals surface area (Å²) < 4.78 is 5.21. The van der Waals surface area contributed by atoms with Crippen molar-refractivity contribution in [3.05, 3.63) is 21.9 Å². The van der Waals surface area contributed by atoms with E-state index in [0.717, 1.165) is 6.42 Å². The zero-order valence-corrected chi connectivity index (χ0v) is 11.6. The van der Waals surface area contributed by atoms with Crippen LogP contribution >= 0.6 is 11.3 Å². The van der Waals surface area contributed by atoms with Crippen LogP contribution in [0.2, 0.25) is 0 Å². The topological polar surface area (TPSA) is 64.3 Å². The van der Waals surface area contributed by atoms with Crippen LogP contribution in [0, 0.1) is 12.8 Å². The molecule has 18 heavy (non-hydrogen) atoms. The number of carbonyl (C=O) groups excluding carboxylic acids is 1. The first kappa shape index (κ1) is 13.5. The first-order valence-corrected chi connectivity index (χ1v) is 7.07. The van der Waals surface area contributed by atoms with E-state index in [-0.39, 0.29) is 23.9 Å². The van der Waals surface area contributed by atoms with Crippen LogP contribution in [-0.2, 0) is 16.0 Å². The standard InChI is InChI=1S/C13H20N2O2S/c1-8(5-10-4-3-9(2)18-10)15-13(16)11-6-17-7-12(11)14/h3-4,8,11-12H,5-7,14H2,1-2H3,(H,15,16). The minimum Gasteiger partial charge on any atom is -0.379 e. The van der Waals surface area contributed by atoms with E-state index in [4.69, 9.17) is 10.5 Å². The predicted octanol–water partition coefficient (Wildman–Crippen LogP) is 1.08. The van der Waals surface area contributed by atoms with Crippen molar-refractivity contribution >= 4 is 17.2 Å². The van der Waals surface area contributed by atoms with Gasteiger partial charge in [0.25, 0.3) is 0 Å². The first-order valence-electron chi connectivity index (χ1n) is 6.25. The lowest BCUT2D eigenvalue weighted by Gasteiger charge is -2.18. The van der Waals surface area contributed by atoms with Crippen LogP contribution in [0.25, 0.3) is 0 Å². The fourth-order valence-corrected chi connectivity index (χ4v) is 3.16. The number of aryl methyl sites for hydroxylation is 1. The lowest BCUT2D eigenvalue weighted by atomic mass is 10.0. The SMILES string of the molecule is Cc1ccc(CC(C)NC(=O)C2COCC2N)s1. The average Bonchev–Trinajstić information content (AvgIpc) is 2.87. The molecule has 5 heteroatoms. The molecule has 0 aromatic carbocycles. The molecule has 3 unspecified atom stereocenters. The quantitative estimate of drug-likeness (QED) is 0.859. The highest BCUT2D eigenvalue weighted by Gasteiger charge is 2.31. The molecule has 3 N–H and O–H groups in total. The Kier molecular flexibility index (Phi) is 4.37. The molecule has 1 amide bonds. The lowest BCUT2D eigenvalue weighted by molar-refractivity contribution is -0.125. The number of amides is 1.